The number of fused-ring (bicyclic) bond motifs is 5. The summed E-state index contributed by atoms with van der Waals surface area (Å²) in [5.74, 6) is 1.85. The van der Waals surface area contributed by atoms with Gasteiger partial charge in [0.15, 0.2) is 11.5 Å². The molecule has 38 heavy (non-hydrogen) atoms. The molecular weight excluding hydrogens is 528 g/mol. The summed E-state index contributed by atoms with van der Waals surface area (Å²) in [4.78, 5) is 2.52. The lowest BCUT2D eigenvalue weighted by atomic mass is 9.77. The van der Waals surface area contributed by atoms with Crippen LogP contribution in [0.1, 0.15) is 75.0 Å². The van der Waals surface area contributed by atoms with E-state index in [9.17, 15) is 16.8 Å². The standard InChI is InChI=1S/C26H40N4O6S2/c31-37(32,13-5-10-27-38(33,34)28-21-7-2-1-3-8-21)30-11-4-6-20-17-29-12-9-19-14-25-26(36-18-35-25)15-22(19)24(29)16-23(20)30/h14-15,20-21,23-24,27-28H,1-13,16-18H2/t20-,23+,24-/m0/s1. The highest BCUT2D eigenvalue weighted by atomic mass is 32.2. The average molecular weight is 569 g/mol. The average Bonchev–Trinajstić information content (AvgIpc) is 3.36. The van der Waals surface area contributed by atoms with Gasteiger partial charge in [0, 0.05) is 44.3 Å². The van der Waals surface area contributed by atoms with Crippen molar-refractivity contribution in [3.8, 4) is 11.5 Å². The summed E-state index contributed by atoms with van der Waals surface area (Å²) in [6.45, 7) is 2.78. The Morgan fingerprint density at radius 1 is 0.947 bits per heavy atom. The maximum absolute atomic E-state index is 13.5. The molecule has 12 heteroatoms. The zero-order valence-electron chi connectivity index (χ0n) is 21.9. The minimum Gasteiger partial charge on any atom is -0.454 e. The highest BCUT2D eigenvalue weighted by molar-refractivity contribution is 7.89. The van der Waals surface area contributed by atoms with E-state index in [2.05, 4.69) is 26.5 Å². The van der Waals surface area contributed by atoms with E-state index < -0.39 is 20.2 Å². The molecule has 2 N–H and O–H groups in total. The topological polar surface area (TPSA) is 117 Å². The van der Waals surface area contributed by atoms with Gasteiger partial charge in [-0.05, 0) is 74.1 Å². The number of rotatable bonds is 8. The number of ether oxygens (including phenoxy) is 2. The first-order chi connectivity index (χ1) is 18.3. The van der Waals surface area contributed by atoms with E-state index in [1.165, 1.54) is 11.1 Å². The molecule has 0 unspecified atom stereocenters. The Labute approximate surface area is 226 Å². The Balaban J connectivity index is 1.09. The van der Waals surface area contributed by atoms with Crippen molar-refractivity contribution in [2.45, 2.75) is 82.3 Å². The van der Waals surface area contributed by atoms with Gasteiger partial charge in [-0.3, -0.25) is 4.90 Å². The number of nitrogens with zero attached hydrogens (tertiary/aromatic N) is 2. The molecule has 2 saturated heterocycles. The van der Waals surface area contributed by atoms with Crippen LogP contribution in [0, 0.1) is 5.92 Å². The number of benzene rings is 1. The molecule has 3 fully saturated rings. The maximum Gasteiger partial charge on any atom is 0.277 e. The van der Waals surface area contributed by atoms with Gasteiger partial charge in [-0.25, -0.2) is 13.1 Å². The van der Waals surface area contributed by atoms with Crippen molar-refractivity contribution in [1.29, 1.82) is 0 Å². The number of nitrogens with one attached hydrogen (secondary N) is 2. The van der Waals surface area contributed by atoms with Crippen LogP contribution in [0.25, 0.3) is 0 Å². The van der Waals surface area contributed by atoms with E-state index in [-0.39, 0.29) is 43.6 Å². The monoisotopic (exact) mass is 568 g/mol. The molecule has 0 spiro atoms. The van der Waals surface area contributed by atoms with Gasteiger partial charge < -0.3 is 9.47 Å². The first-order valence-corrected chi connectivity index (χ1v) is 17.3. The van der Waals surface area contributed by atoms with Crippen molar-refractivity contribution < 1.29 is 26.3 Å². The van der Waals surface area contributed by atoms with Crippen molar-refractivity contribution >= 4 is 20.2 Å². The van der Waals surface area contributed by atoms with Crippen LogP contribution in [0.3, 0.4) is 0 Å². The molecule has 0 radical (unpaired) electrons. The van der Waals surface area contributed by atoms with Crippen LogP contribution in [-0.4, -0.2) is 76.8 Å². The van der Waals surface area contributed by atoms with Crippen molar-refractivity contribution in [3.63, 3.8) is 0 Å². The molecule has 1 aromatic carbocycles. The summed E-state index contributed by atoms with van der Waals surface area (Å²) in [6, 6.07) is 4.31. The molecule has 0 bridgehead atoms. The highest BCUT2D eigenvalue weighted by Crippen LogP contribution is 2.46. The Morgan fingerprint density at radius 2 is 1.74 bits per heavy atom. The van der Waals surface area contributed by atoms with Gasteiger partial charge >= 0.3 is 0 Å². The van der Waals surface area contributed by atoms with Crippen molar-refractivity contribution in [2.75, 3.05) is 38.7 Å². The smallest absolute Gasteiger partial charge is 0.277 e. The van der Waals surface area contributed by atoms with Crippen LogP contribution >= 0.6 is 0 Å². The number of hydrogen-bond donors (Lipinski definition) is 2. The second kappa shape index (κ2) is 10.9. The van der Waals surface area contributed by atoms with Crippen molar-refractivity contribution in [2.24, 2.45) is 5.92 Å². The minimum absolute atomic E-state index is 0.0220. The lowest BCUT2D eigenvalue weighted by Crippen LogP contribution is -2.57. The van der Waals surface area contributed by atoms with Gasteiger partial charge in [-0.1, -0.05) is 19.3 Å². The van der Waals surface area contributed by atoms with E-state index in [4.69, 9.17) is 9.47 Å². The van der Waals surface area contributed by atoms with Gasteiger partial charge in [0.1, 0.15) is 0 Å². The molecular formula is C26H40N4O6S2. The van der Waals surface area contributed by atoms with Crippen LogP contribution in [0.5, 0.6) is 11.5 Å². The zero-order valence-corrected chi connectivity index (χ0v) is 23.6. The Bertz CT molecular complexity index is 1230. The normalized spacial score (nSPS) is 28.5. The first-order valence-electron chi connectivity index (χ1n) is 14.2. The van der Waals surface area contributed by atoms with Gasteiger partial charge in [0.25, 0.3) is 10.2 Å². The second-order valence-corrected chi connectivity index (χ2v) is 15.1. The summed E-state index contributed by atoms with van der Waals surface area (Å²) in [5.41, 5.74) is 2.51. The number of piperidine rings is 2. The zero-order chi connectivity index (χ0) is 26.3. The van der Waals surface area contributed by atoms with Crippen molar-refractivity contribution in [1.82, 2.24) is 18.6 Å². The van der Waals surface area contributed by atoms with Crippen LogP contribution < -0.4 is 18.9 Å². The summed E-state index contributed by atoms with van der Waals surface area (Å²) in [5, 5.41) is 0. The van der Waals surface area contributed by atoms with E-state index in [1.54, 1.807) is 4.31 Å². The summed E-state index contributed by atoms with van der Waals surface area (Å²) in [6.07, 6.45) is 8.85. The molecule has 4 aliphatic heterocycles. The fourth-order valence-electron chi connectivity index (χ4n) is 7.20. The molecule has 6 rings (SSSR count). The molecule has 0 aromatic heterocycles. The van der Waals surface area contributed by atoms with E-state index in [0.717, 1.165) is 82.4 Å². The minimum atomic E-state index is -3.62. The molecule has 10 nitrogen and oxygen atoms in total. The predicted octanol–water partition coefficient (Wildman–Crippen LogP) is 2.28. The fraction of sp³-hybridized carbons (Fsp3) is 0.769. The van der Waals surface area contributed by atoms with E-state index in [1.807, 2.05) is 0 Å². The molecule has 4 heterocycles. The number of hydrogen-bond acceptors (Lipinski definition) is 7. The summed E-state index contributed by atoms with van der Waals surface area (Å²) in [7, 11) is -7.13. The summed E-state index contributed by atoms with van der Waals surface area (Å²) >= 11 is 0. The van der Waals surface area contributed by atoms with Crippen molar-refractivity contribution in [3.05, 3.63) is 23.3 Å². The van der Waals surface area contributed by atoms with Gasteiger partial charge in [0.05, 0.1) is 5.75 Å². The Kier molecular flexibility index (Phi) is 7.64. The van der Waals surface area contributed by atoms with Crippen LogP contribution in [0.15, 0.2) is 12.1 Å². The Morgan fingerprint density at radius 3 is 2.55 bits per heavy atom. The molecule has 1 aromatic rings. The third-order valence-electron chi connectivity index (χ3n) is 9.06. The summed E-state index contributed by atoms with van der Waals surface area (Å²) < 4.78 is 70.1. The van der Waals surface area contributed by atoms with E-state index in [0.29, 0.717) is 12.5 Å². The third-order valence-corrected chi connectivity index (χ3v) is 12.3. The quantitative estimate of drug-likeness (QED) is 0.462. The van der Waals surface area contributed by atoms with Gasteiger partial charge in [-0.15, -0.1) is 0 Å². The number of sulfonamides is 1. The lowest BCUT2D eigenvalue weighted by molar-refractivity contribution is 0.0219. The SMILES string of the molecule is O=S(=O)(NCCCS(=O)(=O)N1CCC[C@H]2CN3CCc4cc5c(cc4[C@@H]3C[C@H]21)OCO5)NC1CCCCC1. The van der Waals surface area contributed by atoms with E-state index >= 15 is 0 Å². The predicted molar refractivity (Wildman–Crippen MR) is 144 cm³/mol. The first kappa shape index (κ1) is 26.8. The van der Waals surface area contributed by atoms with Crippen LogP contribution in [0.4, 0.5) is 0 Å². The molecule has 1 aliphatic carbocycles. The highest BCUT2D eigenvalue weighted by Gasteiger charge is 2.46. The third kappa shape index (κ3) is 5.57. The fourth-order valence-corrected chi connectivity index (χ4v) is 10.2. The van der Waals surface area contributed by atoms with Gasteiger partial charge in [-0.2, -0.15) is 17.4 Å². The van der Waals surface area contributed by atoms with Crippen LogP contribution in [-0.2, 0) is 26.7 Å². The second-order valence-electron chi connectivity index (χ2n) is 11.5. The Hall–Kier alpha value is -1.44. The van der Waals surface area contributed by atoms with Crippen LogP contribution in [0.2, 0.25) is 0 Å². The maximum atomic E-state index is 13.5. The molecule has 5 aliphatic rings. The van der Waals surface area contributed by atoms with Gasteiger partial charge in [0.2, 0.25) is 16.8 Å². The lowest BCUT2D eigenvalue weighted by Gasteiger charge is -2.51. The molecule has 1 saturated carbocycles. The molecule has 212 valence electrons. The molecule has 0 amide bonds. The molecule has 3 atom stereocenters. The largest absolute Gasteiger partial charge is 0.454 e.